The third kappa shape index (κ3) is 5.93. The molecule has 0 amide bonds. The monoisotopic (exact) mass is 425 g/mol. The average Bonchev–Trinajstić information content (AvgIpc) is 2.77. The Hall–Kier alpha value is -1.69. The molecule has 0 aromatic heterocycles. The highest BCUT2D eigenvalue weighted by Gasteiger charge is 2.18. The molecule has 4 nitrogen and oxygen atoms in total. The van der Waals surface area contributed by atoms with Gasteiger partial charge in [-0.1, -0.05) is 29.8 Å². The number of piperazine rings is 1. The Morgan fingerprint density at radius 1 is 0.933 bits per heavy atom. The number of thioether (sulfide) groups is 1. The molecule has 0 atom stereocenters. The predicted molar refractivity (Wildman–Crippen MR) is 128 cm³/mol. The third-order valence-electron chi connectivity index (χ3n) is 6.16. The SMILES string of the molecule is Cc1ccc(CCN2CCSc3ccc(OCCCN4CCN(C)CC4)cc32)cc1. The van der Waals surface area contributed by atoms with Gasteiger partial charge >= 0.3 is 0 Å². The number of fused-ring (bicyclic) bond motifs is 1. The van der Waals surface area contributed by atoms with Crippen molar-refractivity contribution in [1.29, 1.82) is 0 Å². The summed E-state index contributed by atoms with van der Waals surface area (Å²) in [7, 11) is 2.21. The molecule has 30 heavy (non-hydrogen) atoms. The number of benzene rings is 2. The molecule has 2 heterocycles. The topological polar surface area (TPSA) is 19.0 Å². The number of aryl methyl sites for hydroxylation is 1. The molecule has 5 heteroatoms. The fourth-order valence-corrected chi connectivity index (χ4v) is 5.17. The average molecular weight is 426 g/mol. The van der Waals surface area contributed by atoms with Gasteiger partial charge in [0.1, 0.15) is 5.75 Å². The van der Waals surface area contributed by atoms with Gasteiger partial charge in [0.15, 0.2) is 0 Å². The van der Waals surface area contributed by atoms with Crippen molar-refractivity contribution in [3.63, 3.8) is 0 Å². The zero-order chi connectivity index (χ0) is 20.8. The van der Waals surface area contributed by atoms with E-state index in [2.05, 4.69) is 71.1 Å². The second-order valence-corrected chi connectivity index (χ2v) is 9.68. The zero-order valence-electron chi connectivity index (χ0n) is 18.5. The van der Waals surface area contributed by atoms with Gasteiger partial charge in [0.25, 0.3) is 0 Å². The fourth-order valence-electron chi connectivity index (χ4n) is 4.14. The van der Waals surface area contributed by atoms with Crippen LogP contribution in [0.1, 0.15) is 17.5 Å². The molecular weight excluding hydrogens is 390 g/mol. The number of likely N-dealkylation sites (N-methyl/N-ethyl adjacent to an activating group) is 1. The van der Waals surface area contributed by atoms with Crippen LogP contribution in [0.4, 0.5) is 5.69 Å². The number of ether oxygens (including phenoxy) is 1. The van der Waals surface area contributed by atoms with Gasteiger partial charge in [-0.3, -0.25) is 0 Å². The zero-order valence-corrected chi connectivity index (χ0v) is 19.3. The van der Waals surface area contributed by atoms with E-state index < -0.39 is 0 Å². The Labute approximate surface area is 186 Å². The van der Waals surface area contributed by atoms with E-state index in [9.17, 15) is 0 Å². The van der Waals surface area contributed by atoms with E-state index in [1.54, 1.807) is 0 Å². The summed E-state index contributed by atoms with van der Waals surface area (Å²) in [5, 5.41) is 0. The second kappa shape index (κ2) is 10.6. The number of hydrogen-bond donors (Lipinski definition) is 0. The fraction of sp³-hybridized carbons (Fsp3) is 0.520. The second-order valence-electron chi connectivity index (χ2n) is 8.55. The van der Waals surface area contributed by atoms with Crippen LogP contribution < -0.4 is 9.64 Å². The molecule has 1 saturated heterocycles. The summed E-state index contributed by atoms with van der Waals surface area (Å²) >= 11 is 1.96. The van der Waals surface area contributed by atoms with Crippen molar-refractivity contribution >= 4 is 17.4 Å². The van der Waals surface area contributed by atoms with E-state index in [1.165, 1.54) is 47.9 Å². The summed E-state index contributed by atoms with van der Waals surface area (Å²) in [5.41, 5.74) is 4.08. The number of nitrogens with zero attached hydrogens (tertiary/aromatic N) is 3. The van der Waals surface area contributed by atoms with Gasteiger partial charge in [0.05, 0.1) is 12.3 Å². The normalized spacial score (nSPS) is 17.7. The molecule has 0 aliphatic carbocycles. The lowest BCUT2D eigenvalue weighted by molar-refractivity contribution is 0.145. The van der Waals surface area contributed by atoms with Crippen LogP contribution in [0.15, 0.2) is 47.4 Å². The number of hydrogen-bond acceptors (Lipinski definition) is 5. The molecule has 162 valence electrons. The minimum Gasteiger partial charge on any atom is -0.493 e. The number of rotatable bonds is 8. The maximum atomic E-state index is 6.14. The standard InChI is InChI=1S/C25H35N3OS/c1-21-4-6-22(7-5-21)10-12-28-17-19-30-25-9-8-23(20-24(25)28)29-18-3-11-27-15-13-26(2)14-16-27/h4-9,20H,3,10-19H2,1-2H3. The first kappa shape index (κ1) is 21.5. The van der Waals surface area contributed by atoms with E-state index in [-0.39, 0.29) is 0 Å². The Morgan fingerprint density at radius 3 is 2.53 bits per heavy atom. The molecule has 1 fully saturated rings. The Balaban J connectivity index is 1.28. The summed E-state index contributed by atoms with van der Waals surface area (Å²) in [4.78, 5) is 8.88. The molecule has 2 aromatic carbocycles. The summed E-state index contributed by atoms with van der Waals surface area (Å²) < 4.78 is 6.14. The van der Waals surface area contributed by atoms with Gasteiger partial charge in [-0.25, -0.2) is 0 Å². The Morgan fingerprint density at radius 2 is 1.73 bits per heavy atom. The first-order valence-corrected chi connectivity index (χ1v) is 12.3. The minimum absolute atomic E-state index is 0.793. The van der Waals surface area contributed by atoms with Crippen LogP contribution >= 0.6 is 11.8 Å². The van der Waals surface area contributed by atoms with Crippen LogP contribution in [0.5, 0.6) is 5.75 Å². The minimum atomic E-state index is 0.793. The lowest BCUT2D eigenvalue weighted by atomic mass is 10.1. The highest BCUT2D eigenvalue weighted by molar-refractivity contribution is 7.99. The number of anilines is 1. The molecule has 2 aliphatic rings. The first-order chi connectivity index (χ1) is 14.7. The van der Waals surface area contributed by atoms with Crippen molar-refractivity contribution in [1.82, 2.24) is 9.80 Å². The lowest BCUT2D eigenvalue weighted by Crippen LogP contribution is -2.44. The maximum Gasteiger partial charge on any atom is 0.121 e. The molecule has 0 bridgehead atoms. The highest BCUT2D eigenvalue weighted by Crippen LogP contribution is 2.37. The Kier molecular flexibility index (Phi) is 7.58. The van der Waals surface area contributed by atoms with Gasteiger partial charge in [-0.15, -0.1) is 11.8 Å². The van der Waals surface area contributed by atoms with Crippen molar-refractivity contribution in [3.8, 4) is 5.75 Å². The Bertz CT molecular complexity index is 803. The van der Waals surface area contributed by atoms with E-state index in [4.69, 9.17) is 4.74 Å². The van der Waals surface area contributed by atoms with Gasteiger partial charge in [0.2, 0.25) is 0 Å². The molecule has 0 unspecified atom stereocenters. The molecule has 2 aromatic rings. The molecule has 0 spiro atoms. The molecule has 2 aliphatic heterocycles. The van der Waals surface area contributed by atoms with Crippen molar-refractivity contribution in [2.45, 2.75) is 24.7 Å². The van der Waals surface area contributed by atoms with Crippen molar-refractivity contribution < 1.29 is 4.74 Å². The quantitative estimate of drug-likeness (QED) is 0.590. The largest absolute Gasteiger partial charge is 0.493 e. The molecule has 0 N–H and O–H groups in total. The van der Waals surface area contributed by atoms with Gasteiger partial charge < -0.3 is 19.4 Å². The summed E-state index contributed by atoms with van der Waals surface area (Å²) in [5.74, 6) is 2.17. The predicted octanol–water partition coefficient (Wildman–Crippen LogP) is 4.17. The van der Waals surface area contributed by atoms with Crippen LogP contribution in [0.3, 0.4) is 0 Å². The third-order valence-corrected chi connectivity index (χ3v) is 7.21. The van der Waals surface area contributed by atoms with Gasteiger partial charge in [-0.2, -0.15) is 0 Å². The van der Waals surface area contributed by atoms with Gasteiger partial charge in [0, 0.05) is 62.5 Å². The van der Waals surface area contributed by atoms with E-state index in [0.29, 0.717) is 0 Å². The van der Waals surface area contributed by atoms with E-state index in [0.717, 1.165) is 50.6 Å². The first-order valence-electron chi connectivity index (χ1n) is 11.3. The summed E-state index contributed by atoms with van der Waals surface area (Å²) in [6.07, 6.45) is 2.17. The molecule has 4 rings (SSSR count). The molecular formula is C25H35N3OS. The molecule has 0 radical (unpaired) electrons. The lowest BCUT2D eigenvalue weighted by Gasteiger charge is -2.32. The maximum absolute atomic E-state index is 6.14. The molecule has 0 saturated carbocycles. The van der Waals surface area contributed by atoms with Crippen LogP contribution in [0.25, 0.3) is 0 Å². The smallest absolute Gasteiger partial charge is 0.121 e. The van der Waals surface area contributed by atoms with Crippen molar-refractivity contribution in [2.75, 3.05) is 70.1 Å². The van der Waals surface area contributed by atoms with Crippen LogP contribution in [0.2, 0.25) is 0 Å². The van der Waals surface area contributed by atoms with Crippen LogP contribution in [-0.2, 0) is 6.42 Å². The van der Waals surface area contributed by atoms with Crippen LogP contribution in [-0.4, -0.2) is 75.0 Å². The van der Waals surface area contributed by atoms with Crippen molar-refractivity contribution in [2.24, 2.45) is 0 Å². The summed E-state index contributed by atoms with van der Waals surface area (Å²) in [6, 6.07) is 15.6. The van der Waals surface area contributed by atoms with E-state index in [1.807, 2.05) is 11.8 Å². The van der Waals surface area contributed by atoms with Gasteiger partial charge in [-0.05, 0) is 44.5 Å². The van der Waals surface area contributed by atoms with Crippen molar-refractivity contribution in [3.05, 3.63) is 53.6 Å². The highest BCUT2D eigenvalue weighted by atomic mass is 32.2. The van der Waals surface area contributed by atoms with E-state index >= 15 is 0 Å². The van der Waals surface area contributed by atoms with Crippen LogP contribution in [0, 0.1) is 6.92 Å². The summed E-state index contributed by atoms with van der Waals surface area (Å²) in [6.45, 7) is 11.0.